The number of carboxylic acids is 3. The Bertz CT molecular complexity index is 1780. The Balaban J connectivity index is 0.000000185. The second kappa shape index (κ2) is 17.2. The van der Waals surface area contributed by atoms with Crippen molar-refractivity contribution >= 4 is 35.8 Å². The van der Waals surface area contributed by atoms with Gasteiger partial charge in [0.25, 0.3) is 0 Å². The molecule has 0 radical (unpaired) electrons. The number of nitrogens with zero attached hydrogens (tertiary/aromatic N) is 3. The van der Waals surface area contributed by atoms with Gasteiger partial charge in [0.15, 0.2) is 0 Å². The molecule has 15 heteroatoms. The highest BCUT2D eigenvalue weighted by Gasteiger charge is 2.51. The average molecular weight is 790 g/mol. The number of carbonyl (C=O) groups excluding carboxylic acids is 3. The van der Waals surface area contributed by atoms with E-state index in [-0.39, 0.29) is 57.9 Å². The first-order valence-corrected chi connectivity index (χ1v) is 18.1. The van der Waals surface area contributed by atoms with Crippen molar-refractivity contribution in [3.05, 3.63) is 88.8 Å². The Hall–Kier alpha value is -5.73. The van der Waals surface area contributed by atoms with Crippen molar-refractivity contribution in [1.82, 2.24) is 15.0 Å². The molecular weight excluding hydrogens is 738 g/mol. The molecule has 0 amide bonds. The molecule has 3 spiro atoms. The van der Waals surface area contributed by atoms with Crippen LogP contribution in [0.5, 0.6) is 0 Å². The predicted octanol–water partition coefficient (Wildman–Crippen LogP) is 7.07. The molecule has 6 heterocycles. The molecule has 0 unspecified atom stereocenters. The highest BCUT2D eigenvalue weighted by atomic mass is 16.6. The van der Waals surface area contributed by atoms with Crippen molar-refractivity contribution < 1.29 is 58.3 Å². The normalized spacial score (nSPS) is 28.4. The van der Waals surface area contributed by atoms with Crippen LogP contribution in [0.2, 0.25) is 0 Å². The van der Waals surface area contributed by atoms with Crippen molar-refractivity contribution in [3.63, 3.8) is 0 Å². The van der Waals surface area contributed by atoms with Gasteiger partial charge >= 0.3 is 35.8 Å². The first kappa shape index (κ1) is 44.0. The zero-order valence-corrected chi connectivity index (χ0v) is 29.3. The van der Waals surface area contributed by atoms with Crippen LogP contribution in [0.3, 0.4) is 0 Å². The largest absolute Gasteiger partial charge is 0.481 e. The lowest BCUT2D eigenvalue weighted by Gasteiger charge is -2.34. The minimum atomic E-state index is -0.763. The molecule has 306 valence electrons. The quantitative estimate of drug-likeness (QED) is 0.178. The summed E-state index contributed by atoms with van der Waals surface area (Å²) in [4.78, 5) is 80.3. The summed E-state index contributed by atoms with van der Waals surface area (Å²) < 4.78 is 16.5. The topological polar surface area (TPSA) is 229 Å². The van der Waals surface area contributed by atoms with Crippen LogP contribution in [0.25, 0.3) is 0 Å². The fourth-order valence-electron chi connectivity index (χ4n) is 8.78. The van der Waals surface area contributed by atoms with Crippen LogP contribution in [-0.4, -0.2) is 66.1 Å². The molecular formula is C42H51N3O12. The van der Waals surface area contributed by atoms with Gasteiger partial charge in [0, 0.05) is 53.9 Å². The van der Waals surface area contributed by atoms with E-state index in [0.717, 1.165) is 16.7 Å². The molecule has 3 aromatic heterocycles. The molecule has 57 heavy (non-hydrogen) atoms. The van der Waals surface area contributed by atoms with Gasteiger partial charge in [-0.3, -0.25) is 29.3 Å². The third kappa shape index (κ3) is 8.10. The summed E-state index contributed by atoms with van der Waals surface area (Å²) in [6.45, 7) is 0. The van der Waals surface area contributed by atoms with E-state index in [2.05, 4.69) is 15.0 Å². The van der Waals surface area contributed by atoms with Crippen LogP contribution >= 0.6 is 0 Å². The first-order valence-electron chi connectivity index (χ1n) is 18.1. The second-order valence-corrected chi connectivity index (χ2v) is 14.8. The van der Waals surface area contributed by atoms with E-state index in [1.54, 1.807) is 55.4 Å². The standard InChI is InChI=1S/3C13H13NO4.3CH4/c3*15-11(16)8-1-4-13(5-2-8)10-7-14-6-3-9(10)12(17)18-13;;;/h3*3,6-8H,1-2,4-5H2,(H,15,16);3*1H4. The monoisotopic (exact) mass is 789 g/mol. The van der Waals surface area contributed by atoms with E-state index >= 15 is 0 Å². The zero-order chi connectivity index (χ0) is 38.3. The lowest BCUT2D eigenvalue weighted by Crippen LogP contribution is -2.34. The van der Waals surface area contributed by atoms with E-state index < -0.39 is 34.7 Å². The molecule has 3 N–H and O–H groups in total. The summed E-state index contributed by atoms with van der Waals surface area (Å²) in [5.74, 6) is -4.22. The number of hydrogen-bond donors (Lipinski definition) is 3. The van der Waals surface area contributed by atoms with Gasteiger partial charge in [0.05, 0.1) is 34.4 Å². The summed E-state index contributed by atoms with van der Waals surface area (Å²) >= 11 is 0. The van der Waals surface area contributed by atoms with E-state index in [0.29, 0.717) is 93.7 Å². The van der Waals surface area contributed by atoms with E-state index in [1.807, 2.05) is 0 Å². The fourth-order valence-corrected chi connectivity index (χ4v) is 8.78. The van der Waals surface area contributed by atoms with Gasteiger partial charge in [-0.2, -0.15) is 0 Å². The zero-order valence-electron chi connectivity index (χ0n) is 29.3. The number of pyridine rings is 3. The summed E-state index contributed by atoms with van der Waals surface area (Å²) in [7, 11) is 0. The smallest absolute Gasteiger partial charge is 0.339 e. The van der Waals surface area contributed by atoms with Gasteiger partial charge in [0.2, 0.25) is 0 Å². The Morgan fingerprint density at radius 3 is 0.912 bits per heavy atom. The van der Waals surface area contributed by atoms with Crippen LogP contribution in [0.4, 0.5) is 0 Å². The SMILES string of the molecule is C.C.C.O=C1OC2(CCC(C(=O)O)CC2)c2cnccc21.O=C1OC2(CCC(C(=O)O)CC2)c2cnccc21.O=C1OC2(CCC(C(=O)O)CC2)c2cnccc21. The van der Waals surface area contributed by atoms with Crippen LogP contribution in [0.1, 0.15) is 147 Å². The number of rotatable bonds is 3. The Labute approximate surface area is 331 Å². The second-order valence-electron chi connectivity index (χ2n) is 14.8. The van der Waals surface area contributed by atoms with Crippen molar-refractivity contribution in [3.8, 4) is 0 Å². The van der Waals surface area contributed by atoms with E-state index in [4.69, 9.17) is 29.5 Å². The summed E-state index contributed by atoms with van der Waals surface area (Å²) in [5.41, 5.74) is 2.26. The number of carbonyl (C=O) groups is 6. The van der Waals surface area contributed by atoms with Gasteiger partial charge < -0.3 is 29.5 Å². The highest BCUT2D eigenvalue weighted by Crippen LogP contribution is 2.50. The number of fused-ring (bicyclic) bond motifs is 6. The van der Waals surface area contributed by atoms with Gasteiger partial charge in [-0.15, -0.1) is 0 Å². The van der Waals surface area contributed by atoms with Crippen LogP contribution in [-0.2, 0) is 45.4 Å². The average Bonchev–Trinajstić information content (AvgIpc) is 3.72. The molecule has 0 atom stereocenters. The molecule has 3 saturated carbocycles. The molecule has 3 aliphatic heterocycles. The Kier molecular flexibility index (Phi) is 13.3. The lowest BCUT2D eigenvalue weighted by atomic mass is 9.75. The molecule has 0 bridgehead atoms. The van der Waals surface area contributed by atoms with Crippen molar-refractivity contribution in [1.29, 1.82) is 0 Å². The van der Waals surface area contributed by atoms with Crippen LogP contribution in [0, 0.1) is 17.8 Å². The number of aromatic nitrogens is 3. The van der Waals surface area contributed by atoms with Gasteiger partial charge in [0.1, 0.15) is 16.8 Å². The number of aliphatic carboxylic acids is 3. The summed E-state index contributed by atoms with van der Waals surface area (Å²) in [6, 6.07) is 4.99. The maximum Gasteiger partial charge on any atom is 0.339 e. The van der Waals surface area contributed by atoms with Crippen LogP contribution in [0.15, 0.2) is 55.4 Å². The molecule has 9 rings (SSSR count). The molecule has 3 aromatic rings. The van der Waals surface area contributed by atoms with Crippen LogP contribution < -0.4 is 0 Å². The minimum Gasteiger partial charge on any atom is -0.481 e. The molecule has 15 nitrogen and oxygen atoms in total. The van der Waals surface area contributed by atoms with Crippen molar-refractivity contribution in [2.75, 3.05) is 0 Å². The number of esters is 3. The maximum absolute atomic E-state index is 11.8. The lowest BCUT2D eigenvalue weighted by molar-refractivity contribution is -0.146. The molecule has 0 aromatic carbocycles. The van der Waals surface area contributed by atoms with Crippen molar-refractivity contribution in [2.24, 2.45) is 17.8 Å². The summed E-state index contributed by atoms with van der Waals surface area (Å²) in [5, 5.41) is 27.0. The van der Waals surface area contributed by atoms with E-state index in [1.165, 1.54) is 0 Å². The van der Waals surface area contributed by atoms with E-state index in [9.17, 15) is 28.8 Å². The Morgan fingerprint density at radius 2 is 0.702 bits per heavy atom. The maximum atomic E-state index is 11.8. The molecule has 3 fully saturated rings. The van der Waals surface area contributed by atoms with Gasteiger partial charge in [-0.25, -0.2) is 14.4 Å². The fraction of sp³-hybridized carbons (Fsp3) is 0.500. The molecule has 6 aliphatic rings. The van der Waals surface area contributed by atoms with Gasteiger partial charge in [-0.1, -0.05) is 22.3 Å². The third-order valence-corrected chi connectivity index (χ3v) is 11.9. The number of ether oxygens (including phenoxy) is 3. The predicted molar refractivity (Wildman–Crippen MR) is 203 cm³/mol. The minimum absolute atomic E-state index is 0. The third-order valence-electron chi connectivity index (χ3n) is 11.9. The summed E-state index contributed by atoms with van der Waals surface area (Å²) in [6.07, 6.45) is 16.3. The number of carboxylic acid groups (broad SMARTS) is 3. The number of hydrogen-bond acceptors (Lipinski definition) is 12. The van der Waals surface area contributed by atoms with Crippen molar-refractivity contribution in [2.45, 2.75) is 116 Å². The van der Waals surface area contributed by atoms with Gasteiger partial charge in [-0.05, 0) is 95.2 Å². The Morgan fingerprint density at radius 1 is 0.474 bits per heavy atom. The highest BCUT2D eigenvalue weighted by molar-refractivity contribution is 5.95. The molecule has 0 saturated heterocycles. The first-order chi connectivity index (χ1) is 25.9. The molecule has 3 aliphatic carbocycles.